The lowest BCUT2D eigenvalue weighted by atomic mass is 9.78. The Bertz CT molecular complexity index is 1330. The van der Waals surface area contributed by atoms with E-state index < -0.39 is 0 Å². The molecule has 0 aliphatic rings. The highest BCUT2D eigenvalue weighted by atomic mass is 79.9. The number of halogens is 1. The van der Waals surface area contributed by atoms with E-state index in [1.807, 2.05) is 43.3 Å². The van der Waals surface area contributed by atoms with Crippen molar-refractivity contribution in [3.05, 3.63) is 86.4 Å². The van der Waals surface area contributed by atoms with E-state index in [1.54, 1.807) is 13.3 Å². The largest absolute Gasteiger partial charge is 0.507 e. The van der Waals surface area contributed by atoms with Crippen molar-refractivity contribution in [2.45, 2.75) is 78.7 Å². The molecular weight excluding hydrogens is 568 g/mol. The number of nitrogens with zero attached hydrogens (tertiary/aromatic N) is 1. The van der Waals surface area contributed by atoms with Gasteiger partial charge in [-0.2, -0.15) is 5.10 Å². The molecule has 0 aliphatic heterocycles. The summed E-state index contributed by atoms with van der Waals surface area (Å²) in [5, 5.41) is 15.1. The molecule has 0 radical (unpaired) electrons. The molecule has 6 nitrogen and oxygen atoms in total. The van der Waals surface area contributed by atoms with Crippen LogP contribution in [0.15, 0.2) is 58.1 Å². The Hall–Kier alpha value is -3.32. The van der Waals surface area contributed by atoms with Gasteiger partial charge in [0.05, 0.1) is 17.8 Å². The molecule has 0 spiro atoms. The third kappa shape index (κ3) is 8.34. The molecule has 3 rings (SSSR count). The number of phenols is 1. The molecule has 0 unspecified atom stereocenters. The van der Waals surface area contributed by atoms with E-state index in [4.69, 9.17) is 9.47 Å². The first-order valence-electron chi connectivity index (χ1n) is 13.4. The van der Waals surface area contributed by atoms with E-state index in [0.29, 0.717) is 30.3 Å². The SMILES string of the molecule is COc1cc(/C=N\NC(=O)CCc2cc(C(C)(C)C)c(O)c(C(C)(C)C)c2)cc(Br)c1OCc1ccc(C)cc1. The molecule has 0 fully saturated rings. The molecule has 0 saturated heterocycles. The summed E-state index contributed by atoms with van der Waals surface area (Å²) in [4.78, 5) is 12.6. The van der Waals surface area contributed by atoms with Gasteiger partial charge in [-0.15, -0.1) is 0 Å². The highest BCUT2D eigenvalue weighted by Gasteiger charge is 2.26. The number of nitrogens with one attached hydrogen (secondary N) is 1. The van der Waals surface area contributed by atoms with Gasteiger partial charge in [0.2, 0.25) is 5.91 Å². The van der Waals surface area contributed by atoms with Crippen molar-refractivity contribution in [1.82, 2.24) is 5.43 Å². The molecule has 1 amide bonds. The summed E-state index contributed by atoms with van der Waals surface area (Å²) in [6, 6.07) is 15.9. The number of carbonyl (C=O) groups excluding carboxylic acids is 1. The standard InChI is InChI=1S/C33H41BrN2O4/c1-21-9-11-22(12-10-21)20-40-31-27(34)17-24(18-28(31)39-8)19-35-36-29(37)14-13-23-15-25(32(2,3)4)30(38)26(16-23)33(5,6)7/h9-12,15-19,38H,13-14,20H2,1-8H3,(H,36,37)/b35-19-. The molecule has 3 aromatic rings. The number of rotatable bonds is 9. The molecule has 40 heavy (non-hydrogen) atoms. The van der Waals surface area contributed by atoms with Gasteiger partial charge in [0.15, 0.2) is 11.5 Å². The Kier molecular flexibility index (Phi) is 10.1. The summed E-state index contributed by atoms with van der Waals surface area (Å²) >= 11 is 3.57. The predicted octanol–water partition coefficient (Wildman–Crippen LogP) is 7.73. The molecule has 0 atom stereocenters. The lowest BCUT2D eigenvalue weighted by Gasteiger charge is -2.28. The van der Waals surface area contributed by atoms with Crippen molar-refractivity contribution >= 4 is 28.1 Å². The summed E-state index contributed by atoms with van der Waals surface area (Å²) in [6.45, 7) is 14.9. The molecule has 0 aliphatic carbocycles. The predicted molar refractivity (Wildman–Crippen MR) is 166 cm³/mol. The lowest BCUT2D eigenvalue weighted by Crippen LogP contribution is -2.20. The van der Waals surface area contributed by atoms with Gasteiger partial charge in [0, 0.05) is 6.42 Å². The molecule has 0 bridgehead atoms. The lowest BCUT2D eigenvalue weighted by molar-refractivity contribution is -0.121. The van der Waals surface area contributed by atoms with Crippen LogP contribution in [-0.4, -0.2) is 24.3 Å². The molecular formula is C33H41BrN2O4. The van der Waals surface area contributed by atoms with Crippen molar-refractivity contribution in [1.29, 1.82) is 0 Å². The molecule has 0 aromatic heterocycles. The Morgan fingerprint density at radius 1 is 0.975 bits per heavy atom. The Labute approximate surface area is 246 Å². The van der Waals surface area contributed by atoms with E-state index in [0.717, 1.165) is 32.3 Å². The first-order valence-corrected chi connectivity index (χ1v) is 14.2. The number of carbonyl (C=O) groups is 1. The Morgan fingerprint density at radius 3 is 2.12 bits per heavy atom. The smallest absolute Gasteiger partial charge is 0.240 e. The van der Waals surface area contributed by atoms with E-state index >= 15 is 0 Å². The Morgan fingerprint density at radius 2 is 1.57 bits per heavy atom. The zero-order valence-electron chi connectivity index (χ0n) is 24.8. The minimum atomic E-state index is -0.219. The molecule has 214 valence electrons. The van der Waals surface area contributed by atoms with Gasteiger partial charge >= 0.3 is 0 Å². The van der Waals surface area contributed by atoms with E-state index in [2.05, 4.69) is 80.1 Å². The first-order chi connectivity index (χ1) is 18.7. The van der Waals surface area contributed by atoms with Crippen molar-refractivity contribution < 1.29 is 19.4 Å². The van der Waals surface area contributed by atoms with Crippen LogP contribution in [0.1, 0.15) is 81.3 Å². The Balaban J connectivity index is 1.65. The van der Waals surface area contributed by atoms with Gasteiger partial charge < -0.3 is 14.6 Å². The number of hydrazone groups is 1. The van der Waals surface area contributed by atoms with Crippen LogP contribution in [0.5, 0.6) is 17.2 Å². The fourth-order valence-corrected chi connectivity index (χ4v) is 4.84. The first kappa shape index (κ1) is 31.2. The van der Waals surface area contributed by atoms with Gasteiger partial charge in [-0.25, -0.2) is 5.43 Å². The normalized spacial score (nSPS) is 12.0. The molecule has 0 heterocycles. The number of amides is 1. The third-order valence-electron chi connectivity index (χ3n) is 6.58. The maximum atomic E-state index is 12.6. The van der Waals surface area contributed by atoms with Crippen LogP contribution in [0.2, 0.25) is 0 Å². The van der Waals surface area contributed by atoms with Crippen molar-refractivity contribution in [3.63, 3.8) is 0 Å². The highest BCUT2D eigenvalue weighted by molar-refractivity contribution is 9.10. The number of hydrogen-bond donors (Lipinski definition) is 2. The highest BCUT2D eigenvalue weighted by Crippen LogP contribution is 2.40. The molecule has 3 aromatic carbocycles. The van der Waals surface area contributed by atoms with Crippen LogP contribution in [0, 0.1) is 6.92 Å². The van der Waals surface area contributed by atoms with Gasteiger partial charge in [0.25, 0.3) is 0 Å². The summed E-state index contributed by atoms with van der Waals surface area (Å²) in [5.74, 6) is 1.31. The minimum absolute atomic E-state index is 0.192. The summed E-state index contributed by atoms with van der Waals surface area (Å²) in [7, 11) is 1.59. The fourth-order valence-electron chi connectivity index (χ4n) is 4.27. The molecule has 7 heteroatoms. The number of methoxy groups -OCH3 is 1. The second-order valence-electron chi connectivity index (χ2n) is 12.1. The van der Waals surface area contributed by atoms with Gasteiger partial charge in [-0.05, 0) is 80.1 Å². The fraction of sp³-hybridized carbons (Fsp3) is 0.394. The summed E-state index contributed by atoms with van der Waals surface area (Å²) in [6.07, 6.45) is 2.39. The maximum absolute atomic E-state index is 12.6. The van der Waals surface area contributed by atoms with Crippen LogP contribution >= 0.6 is 15.9 Å². The van der Waals surface area contributed by atoms with Crippen molar-refractivity contribution in [2.24, 2.45) is 5.10 Å². The number of phenolic OH excluding ortho intramolecular Hbond substituents is 1. The maximum Gasteiger partial charge on any atom is 0.240 e. The number of hydrogen-bond acceptors (Lipinski definition) is 5. The average molecular weight is 610 g/mol. The van der Waals surface area contributed by atoms with Crippen LogP contribution in [0.25, 0.3) is 0 Å². The summed E-state index contributed by atoms with van der Waals surface area (Å²) < 4.78 is 12.3. The summed E-state index contributed by atoms with van der Waals surface area (Å²) in [5.41, 5.74) is 7.97. The van der Waals surface area contributed by atoms with Crippen molar-refractivity contribution in [2.75, 3.05) is 7.11 Å². The van der Waals surface area contributed by atoms with Crippen molar-refractivity contribution in [3.8, 4) is 17.2 Å². The van der Waals surface area contributed by atoms with Gasteiger partial charge in [-0.1, -0.05) is 83.5 Å². The van der Waals surface area contributed by atoms with E-state index in [-0.39, 0.29) is 23.2 Å². The average Bonchev–Trinajstić information content (AvgIpc) is 2.86. The molecule has 2 N–H and O–H groups in total. The second kappa shape index (κ2) is 12.9. The van der Waals surface area contributed by atoms with Crippen LogP contribution in [0.4, 0.5) is 0 Å². The quantitative estimate of drug-likeness (QED) is 0.192. The zero-order valence-corrected chi connectivity index (χ0v) is 26.4. The van der Waals surface area contributed by atoms with E-state index in [9.17, 15) is 9.90 Å². The van der Waals surface area contributed by atoms with E-state index in [1.165, 1.54) is 5.56 Å². The number of ether oxygens (including phenoxy) is 2. The minimum Gasteiger partial charge on any atom is -0.507 e. The second-order valence-corrected chi connectivity index (χ2v) is 13.0. The van der Waals surface area contributed by atoms with Crippen LogP contribution in [-0.2, 0) is 28.7 Å². The molecule has 0 saturated carbocycles. The van der Waals surface area contributed by atoms with Gasteiger partial charge in [0.1, 0.15) is 12.4 Å². The third-order valence-corrected chi connectivity index (χ3v) is 7.17. The van der Waals surface area contributed by atoms with Gasteiger partial charge in [-0.3, -0.25) is 4.79 Å². The van der Waals surface area contributed by atoms with Crippen LogP contribution < -0.4 is 14.9 Å². The number of benzene rings is 3. The number of aromatic hydroxyl groups is 1. The monoisotopic (exact) mass is 608 g/mol. The number of aryl methyl sites for hydroxylation is 2. The topological polar surface area (TPSA) is 80.2 Å². The zero-order chi connectivity index (χ0) is 29.7. The van der Waals surface area contributed by atoms with Crippen LogP contribution in [0.3, 0.4) is 0 Å².